The third-order valence-corrected chi connectivity index (χ3v) is 3.24. The van der Waals surface area contributed by atoms with Gasteiger partial charge in [-0.05, 0) is 49.7 Å². The van der Waals surface area contributed by atoms with Gasteiger partial charge in [-0.3, -0.25) is 0 Å². The van der Waals surface area contributed by atoms with Crippen molar-refractivity contribution in [2.45, 2.75) is 25.8 Å². The number of benzene rings is 1. The quantitative estimate of drug-likeness (QED) is 0.867. The van der Waals surface area contributed by atoms with Gasteiger partial charge in [0.2, 0.25) is 0 Å². The number of nitrogens with one attached hydrogen (secondary N) is 1. The highest BCUT2D eigenvalue weighted by Gasteiger charge is 2.17. The van der Waals surface area contributed by atoms with Gasteiger partial charge in [-0.15, -0.1) is 0 Å². The van der Waals surface area contributed by atoms with Crippen molar-refractivity contribution < 1.29 is 9.47 Å². The lowest BCUT2D eigenvalue weighted by Gasteiger charge is -2.24. The van der Waals surface area contributed by atoms with E-state index in [0.29, 0.717) is 11.6 Å². The molecule has 4 heteroatoms. The van der Waals surface area contributed by atoms with E-state index >= 15 is 0 Å². The fourth-order valence-corrected chi connectivity index (χ4v) is 2.14. The summed E-state index contributed by atoms with van der Waals surface area (Å²) in [4.78, 5) is 0. The SMILES string of the molecule is CCNC(COc1ccc(Cl)cc1)C1=CCCCO1. The largest absolute Gasteiger partial charge is 0.496 e. The summed E-state index contributed by atoms with van der Waals surface area (Å²) in [6, 6.07) is 7.52. The first-order chi connectivity index (χ1) is 9.29. The van der Waals surface area contributed by atoms with E-state index in [9.17, 15) is 0 Å². The van der Waals surface area contributed by atoms with Gasteiger partial charge in [0, 0.05) is 5.02 Å². The lowest BCUT2D eigenvalue weighted by atomic mass is 10.1. The van der Waals surface area contributed by atoms with E-state index in [-0.39, 0.29) is 6.04 Å². The van der Waals surface area contributed by atoms with Gasteiger partial charge < -0.3 is 14.8 Å². The molecule has 0 saturated heterocycles. The van der Waals surface area contributed by atoms with E-state index in [0.717, 1.165) is 37.5 Å². The third kappa shape index (κ3) is 4.44. The van der Waals surface area contributed by atoms with Crippen LogP contribution in [0, 0.1) is 0 Å². The van der Waals surface area contributed by atoms with Gasteiger partial charge in [-0.2, -0.15) is 0 Å². The monoisotopic (exact) mass is 281 g/mol. The molecule has 19 heavy (non-hydrogen) atoms. The highest BCUT2D eigenvalue weighted by Crippen LogP contribution is 2.18. The minimum atomic E-state index is 0.112. The summed E-state index contributed by atoms with van der Waals surface area (Å²) < 4.78 is 11.5. The smallest absolute Gasteiger partial charge is 0.119 e. The molecule has 1 N–H and O–H groups in total. The van der Waals surface area contributed by atoms with E-state index < -0.39 is 0 Å². The van der Waals surface area contributed by atoms with Gasteiger partial charge in [0.05, 0.1) is 12.6 Å². The lowest BCUT2D eigenvalue weighted by Crippen LogP contribution is -2.37. The molecule has 0 fully saturated rings. The zero-order chi connectivity index (χ0) is 13.5. The van der Waals surface area contributed by atoms with Crippen molar-refractivity contribution in [1.29, 1.82) is 0 Å². The number of likely N-dealkylation sites (N-methyl/N-ethyl adjacent to an activating group) is 1. The normalized spacial score (nSPS) is 16.4. The number of ether oxygens (including phenoxy) is 2. The third-order valence-electron chi connectivity index (χ3n) is 2.99. The Morgan fingerprint density at radius 1 is 1.37 bits per heavy atom. The van der Waals surface area contributed by atoms with Crippen LogP contribution in [-0.2, 0) is 4.74 Å². The molecule has 0 bridgehead atoms. The van der Waals surface area contributed by atoms with Crippen LogP contribution in [0.3, 0.4) is 0 Å². The summed E-state index contributed by atoms with van der Waals surface area (Å²) in [6.45, 7) is 4.32. The van der Waals surface area contributed by atoms with E-state index in [1.54, 1.807) is 0 Å². The average molecular weight is 282 g/mol. The van der Waals surface area contributed by atoms with Crippen LogP contribution in [0.1, 0.15) is 19.8 Å². The van der Waals surface area contributed by atoms with Crippen LogP contribution >= 0.6 is 11.6 Å². The molecular weight excluding hydrogens is 262 g/mol. The Labute approximate surface area is 119 Å². The molecular formula is C15H20ClNO2. The van der Waals surface area contributed by atoms with Crippen molar-refractivity contribution >= 4 is 11.6 Å². The summed E-state index contributed by atoms with van der Waals surface area (Å²) in [7, 11) is 0. The molecule has 3 nitrogen and oxygen atoms in total. The van der Waals surface area contributed by atoms with Crippen molar-refractivity contribution in [3.8, 4) is 5.75 Å². The topological polar surface area (TPSA) is 30.5 Å². The summed E-state index contributed by atoms with van der Waals surface area (Å²) in [5.41, 5.74) is 0. The molecule has 0 saturated carbocycles. The molecule has 1 heterocycles. The summed E-state index contributed by atoms with van der Waals surface area (Å²) in [5.74, 6) is 1.82. The Balaban J connectivity index is 1.92. The standard InChI is InChI=1S/C15H20ClNO2/c1-2-17-14(15-5-3-4-10-18-15)11-19-13-8-6-12(16)7-9-13/h5-9,14,17H,2-4,10-11H2,1H3. The Bertz CT molecular complexity index is 417. The van der Waals surface area contributed by atoms with Gasteiger partial charge in [0.15, 0.2) is 0 Å². The molecule has 0 aliphatic carbocycles. The zero-order valence-electron chi connectivity index (χ0n) is 11.2. The Hall–Kier alpha value is -1.19. The Kier molecular flexibility index (Phi) is 5.55. The molecule has 1 aromatic carbocycles. The van der Waals surface area contributed by atoms with E-state index in [1.165, 1.54) is 0 Å². The van der Waals surface area contributed by atoms with Crippen LogP contribution < -0.4 is 10.1 Å². The fourth-order valence-electron chi connectivity index (χ4n) is 2.02. The molecule has 0 aromatic heterocycles. The maximum absolute atomic E-state index is 5.85. The minimum absolute atomic E-state index is 0.112. The number of rotatable bonds is 6. The lowest BCUT2D eigenvalue weighted by molar-refractivity contribution is 0.147. The molecule has 2 rings (SSSR count). The van der Waals surface area contributed by atoms with Gasteiger partial charge in [-0.1, -0.05) is 18.5 Å². The highest BCUT2D eigenvalue weighted by molar-refractivity contribution is 6.30. The van der Waals surface area contributed by atoms with Crippen LogP contribution in [0.4, 0.5) is 0 Å². The predicted octanol–water partition coefficient (Wildman–Crippen LogP) is 3.39. The van der Waals surface area contributed by atoms with Gasteiger partial charge >= 0.3 is 0 Å². The van der Waals surface area contributed by atoms with Crippen molar-refractivity contribution in [2.75, 3.05) is 19.8 Å². The number of hydrogen-bond acceptors (Lipinski definition) is 3. The first kappa shape index (κ1) is 14.2. The molecule has 0 spiro atoms. The van der Waals surface area contributed by atoms with Gasteiger partial charge in [0.1, 0.15) is 18.1 Å². The summed E-state index contributed by atoms with van der Waals surface area (Å²) in [6.07, 6.45) is 4.33. The van der Waals surface area contributed by atoms with Crippen LogP contribution in [0.2, 0.25) is 5.02 Å². The first-order valence-electron chi connectivity index (χ1n) is 6.74. The Morgan fingerprint density at radius 3 is 2.79 bits per heavy atom. The molecule has 1 unspecified atom stereocenters. The predicted molar refractivity (Wildman–Crippen MR) is 77.7 cm³/mol. The van der Waals surface area contributed by atoms with Gasteiger partial charge in [-0.25, -0.2) is 0 Å². The summed E-state index contributed by atoms with van der Waals surface area (Å²) in [5, 5.41) is 4.11. The Morgan fingerprint density at radius 2 is 2.16 bits per heavy atom. The average Bonchev–Trinajstić information content (AvgIpc) is 2.46. The second-order valence-corrected chi connectivity index (χ2v) is 4.91. The highest BCUT2D eigenvalue weighted by atomic mass is 35.5. The first-order valence-corrected chi connectivity index (χ1v) is 7.12. The number of halogens is 1. The molecule has 0 amide bonds. The van der Waals surface area contributed by atoms with Crippen molar-refractivity contribution in [2.24, 2.45) is 0 Å². The maximum Gasteiger partial charge on any atom is 0.119 e. The summed E-state index contributed by atoms with van der Waals surface area (Å²) >= 11 is 5.85. The van der Waals surface area contributed by atoms with Crippen molar-refractivity contribution in [1.82, 2.24) is 5.32 Å². The van der Waals surface area contributed by atoms with Crippen molar-refractivity contribution in [3.05, 3.63) is 41.1 Å². The van der Waals surface area contributed by atoms with Crippen LogP contribution in [-0.4, -0.2) is 25.8 Å². The van der Waals surface area contributed by atoms with E-state index in [4.69, 9.17) is 21.1 Å². The van der Waals surface area contributed by atoms with E-state index in [1.807, 2.05) is 24.3 Å². The molecule has 1 aliphatic heterocycles. The second-order valence-electron chi connectivity index (χ2n) is 4.47. The van der Waals surface area contributed by atoms with Crippen LogP contribution in [0.25, 0.3) is 0 Å². The molecule has 104 valence electrons. The number of hydrogen-bond donors (Lipinski definition) is 1. The van der Waals surface area contributed by atoms with Crippen LogP contribution in [0.5, 0.6) is 5.75 Å². The molecule has 1 aliphatic rings. The fraction of sp³-hybridized carbons (Fsp3) is 0.467. The van der Waals surface area contributed by atoms with Gasteiger partial charge in [0.25, 0.3) is 0 Å². The van der Waals surface area contributed by atoms with Crippen molar-refractivity contribution in [3.63, 3.8) is 0 Å². The number of allylic oxidation sites excluding steroid dienone is 1. The zero-order valence-corrected chi connectivity index (χ0v) is 12.0. The minimum Gasteiger partial charge on any atom is -0.496 e. The molecule has 1 atom stereocenters. The maximum atomic E-state index is 5.85. The van der Waals surface area contributed by atoms with E-state index in [2.05, 4.69) is 18.3 Å². The molecule has 1 aromatic rings. The van der Waals surface area contributed by atoms with Crippen LogP contribution in [0.15, 0.2) is 36.1 Å². The second kappa shape index (κ2) is 7.41. The molecule has 0 radical (unpaired) electrons.